The fourth-order valence-electron chi connectivity index (χ4n) is 3.51. The van der Waals surface area contributed by atoms with Gasteiger partial charge in [0.2, 0.25) is 0 Å². The van der Waals surface area contributed by atoms with Gasteiger partial charge in [-0.25, -0.2) is 5.06 Å². The average molecular weight is 245 g/mol. The SMILES string of the molecule is CON1C(=O)c2ccc(C)cc2C12CCCCC2. The molecule has 3 heteroatoms. The fourth-order valence-corrected chi connectivity index (χ4v) is 3.51. The molecule has 0 bridgehead atoms. The highest BCUT2D eigenvalue weighted by atomic mass is 16.7. The van der Waals surface area contributed by atoms with E-state index in [0.29, 0.717) is 0 Å². The van der Waals surface area contributed by atoms with Gasteiger partial charge in [-0.15, -0.1) is 0 Å². The Morgan fingerprint density at radius 2 is 1.94 bits per heavy atom. The van der Waals surface area contributed by atoms with Gasteiger partial charge in [-0.05, 0) is 31.4 Å². The summed E-state index contributed by atoms with van der Waals surface area (Å²) in [7, 11) is 1.60. The lowest BCUT2D eigenvalue weighted by Crippen LogP contribution is -2.44. The zero-order chi connectivity index (χ0) is 12.8. The Balaban J connectivity index is 2.17. The van der Waals surface area contributed by atoms with Crippen molar-refractivity contribution in [3.05, 3.63) is 34.9 Å². The molecule has 96 valence electrons. The Labute approximate surface area is 108 Å². The maximum absolute atomic E-state index is 12.4. The monoisotopic (exact) mass is 245 g/mol. The first-order valence-corrected chi connectivity index (χ1v) is 6.69. The highest BCUT2D eigenvalue weighted by Crippen LogP contribution is 2.48. The molecule has 0 unspecified atom stereocenters. The Bertz CT molecular complexity index is 489. The Hall–Kier alpha value is -1.35. The van der Waals surface area contributed by atoms with E-state index in [1.54, 1.807) is 12.2 Å². The number of rotatable bonds is 1. The van der Waals surface area contributed by atoms with Crippen molar-refractivity contribution in [2.45, 2.75) is 44.6 Å². The summed E-state index contributed by atoms with van der Waals surface area (Å²) in [6, 6.07) is 6.12. The van der Waals surface area contributed by atoms with Gasteiger partial charge in [-0.3, -0.25) is 9.63 Å². The van der Waals surface area contributed by atoms with E-state index in [9.17, 15) is 4.79 Å². The van der Waals surface area contributed by atoms with Crippen molar-refractivity contribution in [3.8, 4) is 0 Å². The number of fused-ring (bicyclic) bond motifs is 2. The summed E-state index contributed by atoms with van der Waals surface area (Å²) >= 11 is 0. The van der Waals surface area contributed by atoms with E-state index in [2.05, 4.69) is 13.0 Å². The second kappa shape index (κ2) is 4.09. The predicted molar refractivity (Wildman–Crippen MR) is 69.1 cm³/mol. The Morgan fingerprint density at radius 1 is 1.22 bits per heavy atom. The van der Waals surface area contributed by atoms with Crippen molar-refractivity contribution in [3.63, 3.8) is 0 Å². The van der Waals surface area contributed by atoms with Crippen LogP contribution >= 0.6 is 0 Å². The molecule has 0 radical (unpaired) electrons. The van der Waals surface area contributed by atoms with Gasteiger partial charge in [0.1, 0.15) is 0 Å². The molecule has 1 amide bonds. The van der Waals surface area contributed by atoms with Crippen LogP contribution in [0.15, 0.2) is 18.2 Å². The van der Waals surface area contributed by atoms with Gasteiger partial charge in [0.15, 0.2) is 0 Å². The Kier molecular flexibility index (Phi) is 2.67. The molecule has 1 aromatic carbocycles. The normalized spacial score (nSPS) is 21.4. The first kappa shape index (κ1) is 11.7. The first-order chi connectivity index (χ1) is 8.69. The van der Waals surface area contributed by atoms with E-state index in [0.717, 1.165) is 18.4 Å². The predicted octanol–water partition coefficient (Wildman–Crippen LogP) is 3.17. The third-order valence-corrected chi connectivity index (χ3v) is 4.34. The molecule has 1 aromatic rings. The van der Waals surface area contributed by atoms with Crippen molar-refractivity contribution in [2.24, 2.45) is 0 Å². The minimum Gasteiger partial charge on any atom is -0.273 e. The molecule has 3 nitrogen and oxygen atoms in total. The zero-order valence-electron chi connectivity index (χ0n) is 11.0. The smallest absolute Gasteiger partial charge is 0.273 e. The molecule has 3 rings (SSSR count). The van der Waals surface area contributed by atoms with Crippen molar-refractivity contribution >= 4 is 5.91 Å². The van der Waals surface area contributed by atoms with Crippen molar-refractivity contribution in [2.75, 3.05) is 7.11 Å². The van der Waals surface area contributed by atoms with Crippen molar-refractivity contribution in [1.29, 1.82) is 0 Å². The van der Waals surface area contributed by atoms with Gasteiger partial charge in [0.25, 0.3) is 5.91 Å². The quantitative estimate of drug-likeness (QED) is 0.760. The molecule has 1 fully saturated rings. The molecule has 1 aliphatic heterocycles. The van der Waals surface area contributed by atoms with E-state index < -0.39 is 0 Å². The molecule has 0 saturated heterocycles. The van der Waals surface area contributed by atoms with Gasteiger partial charge in [0, 0.05) is 5.56 Å². The number of benzene rings is 1. The summed E-state index contributed by atoms with van der Waals surface area (Å²) in [5, 5.41) is 1.62. The largest absolute Gasteiger partial charge is 0.278 e. The van der Waals surface area contributed by atoms with Crippen LogP contribution in [0.5, 0.6) is 0 Å². The van der Waals surface area contributed by atoms with Gasteiger partial charge in [-0.2, -0.15) is 0 Å². The molecule has 1 aliphatic carbocycles. The maximum atomic E-state index is 12.4. The molecule has 18 heavy (non-hydrogen) atoms. The Morgan fingerprint density at radius 3 is 2.61 bits per heavy atom. The highest BCUT2D eigenvalue weighted by molar-refractivity contribution is 5.99. The molecule has 1 saturated carbocycles. The zero-order valence-corrected chi connectivity index (χ0v) is 11.0. The van der Waals surface area contributed by atoms with E-state index in [1.807, 2.05) is 12.1 Å². The molecule has 0 atom stereocenters. The summed E-state index contributed by atoms with van der Waals surface area (Å²) in [4.78, 5) is 17.8. The second-order valence-electron chi connectivity index (χ2n) is 5.42. The summed E-state index contributed by atoms with van der Waals surface area (Å²) in [5.41, 5.74) is 3.01. The number of amides is 1. The van der Waals surface area contributed by atoms with Crippen molar-refractivity contribution in [1.82, 2.24) is 5.06 Å². The molecule has 1 heterocycles. The lowest BCUT2D eigenvalue weighted by molar-refractivity contribution is -0.169. The van der Waals surface area contributed by atoms with E-state index in [4.69, 9.17) is 4.84 Å². The van der Waals surface area contributed by atoms with Crippen LogP contribution < -0.4 is 0 Å². The standard InChI is InChI=1S/C15H19NO2/c1-11-6-7-12-13(10-11)15(8-4-3-5-9-15)16(18-2)14(12)17/h6-7,10H,3-5,8-9H2,1-2H3. The number of hydrogen-bond donors (Lipinski definition) is 0. The lowest BCUT2D eigenvalue weighted by Gasteiger charge is -2.40. The number of carbonyl (C=O) groups is 1. The van der Waals surface area contributed by atoms with Gasteiger partial charge >= 0.3 is 0 Å². The second-order valence-corrected chi connectivity index (χ2v) is 5.42. The van der Waals surface area contributed by atoms with Crippen molar-refractivity contribution < 1.29 is 9.63 Å². The number of nitrogens with zero attached hydrogens (tertiary/aromatic N) is 1. The lowest BCUT2D eigenvalue weighted by atomic mass is 9.77. The molecule has 1 spiro atoms. The van der Waals surface area contributed by atoms with Crippen LogP contribution in [-0.2, 0) is 10.4 Å². The molecular formula is C15H19NO2. The summed E-state index contributed by atoms with van der Waals surface area (Å²) in [6.45, 7) is 2.08. The molecular weight excluding hydrogens is 226 g/mol. The summed E-state index contributed by atoms with van der Waals surface area (Å²) < 4.78 is 0. The third-order valence-electron chi connectivity index (χ3n) is 4.34. The molecule has 0 aromatic heterocycles. The molecule has 0 N–H and O–H groups in total. The summed E-state index contributed by atoms with van der Waals surface area (Å²) in [6.07, 6.45) is 5.63. The van der Waals surface area contributed by atoms with Gasteiger partial charge < -0.3 is 0 Å². The van der Waals surface area contributed by atoms with Crippen LogP contribution in [0, 0.1) is 6.92 Å². The topological polar surface area (TPSA) is 29.5 Å². The average Bonchev–Trinajstić information content (AvgIpc) is 2.60. The van der Waals surface area contributed by atoms with E-state index in [-0.39, 0.29) is 11.4 Å². The maximum Gasteiger partial charge on any atom is 0.278 e. The van der Waals surface area contributed by atoms with Gasteiger partial charge in [-0.1, -0.05) is 37.0 Å². The minimum absolute atomic E-state index is 0.0226. The van der Waals surface area contributed by atoms with E-state index >= 15 is 0 Å². The number of aryl methyl sites for hydroxylation is 1. The fraction of sp³-hybridized carbons (Fsp3) is 0.533. The minimum atomic E-state index is -0.203. The van der Waals surface area contributed by atoms with Gasteiger partial charge in [0.05, 0.1) is 12.6 Å². The highest BCUT2D eigenvalue weighted by Gasteiger charge is 2.50. The van der Waals surface area contributed by atoms with Crippen LogP contribution in [0.1, 0.15) is 53.6 Å². The number of hydrogen-bond acceptors (Lipinski definition) is 2. The van der Waals surface area contributed by atoms with E-state index in [1.165, 1.54) is 30.4 Å². The first-order valence-electron chi connectivity index (χ1n) is 6.69. The van der Waals surface area contributed by atoms with Crippen LogP contribution in [0.25, 0.3) is 0 Å². The number of hydroxylamine groups is 2. The number of carbonyl (C=O) groups excluding carboxylic acids is 1. The molecule has 2 aliphatic rings. The van der Waals surface area contributed by atoms with Crippen LogP contribution in [0.4, 0.5) is 0 Å². The van der Waals surface area contributed by atoms with Crippen LogP contribution in [-0.4, -0.2) is 18.1 Å². The third kappa shape index (κ3) is 1.43. The van der Waals surface area contributed by atoms with Crippen LogP contribution in [0.3, 0.4) is 0 Å². The summed E-state index contributed by atoms with van der Waals surface area (Å²) in [5.74, 6) is 0.0226. The van der Waals surface area contributed by atoms with Crippen LogP contribution in [0.2, 0.25) is 0 Å².